The molecule has 0 spiro atoms. The minimum Gasteiger partial charge on any atom is -0.444 e. The van der Waals surface area contributed by atoms with Crippen LogP contribution in [0.25, 0.3) is 10.4 Å². The van der Waals surface area contributed by atoms with Gasteiger partial charge in [-0.2, -0.15) is 0 Å². The third-order valence-electron chi connectivity index (χ3n) is 9.87. The SMILES string of the molecule is CC(C)(C)OC(=O)N1CCN(Cc2ccc(F)c(C(=O)N=[N+]=[N-])c2F)CC1.Cc1ccc(N)cn1.Cc1ccc(NC(=O)Nc2c(F)ccc(CN3CCN(C(=O)OC(C)(C)C)CC3)c2F)cn1. The van der Waals surface area contributed by atoms with E-state index in [2.05, 4.69) is 30.6 Å². The van der Waals surface area contributed by atoms with Crippen molar-refractivity contribution in [2.45, 2.75) is 79.7 Å². The number of azide groups is 1. The van der Waals surface area contributed by atoms with Crippen LogP contribution < -0.4 is 16.4 Å². The van der Waals surface area contributed by atoms with E-state index in [-0.39, 0.29) is 30.3 Å². The number of benzene rings is 2. The van der Waals surface area contributed by atoms with Gasteiger partial charge >= 0.3 is 18.2 Å². The predicted octanol–water partition coefficient (Wildman–Crippen LogP) is 8.81. The molecule has 2 aromatic carbocycles. The Labute approximate surface area is 392 Å². The molecule has 2 fully saturated rings. The molecule has 4 N–H and O–H groups in total. The molecule has 2 aromatic heterocycles. The quantitative estimate of drug-likeness (QED) is 0.0687. The number of nitrogen functional groups attached to an aromatic ring is 1. The first-order valence-corrected chi connectivity index (χ1v) is 21.6. The van der Waals surface area contributed by atoms with Crippen LogP contribution in [-0.4, -0.2) is 117 Å². The van der Waals surface area contributed by atoms with Gasteiger partial charge in [0.2, 0.25) is 0 Å². The fourth-order valence-corrected chi connectivity index (χ4v) is 6.45. The lowest BCUT2D eigenvalue weighted by molar-refractivity contribution is 0.0128. The van der Waals surface area contributed by atoms with Crippen LogP contribution >= 0.6 is 0 Å². The Kier molecular flexibility index (Phi) is 19.0. The van der Waals surface area contributed by atoms with Gasteiger partial charge < -0.3 is 35.6 Å². The number of pyridine rings is 2. The van der Waals surface area contributed by atoms with Crippen molar-refractivity contribution in [1.82, 2.24) is 29.6 Å². The number of urea groups is 1. The maximum absolute atomic E-state index is 15.0. The molecule has 2 aliphatic heterocycles. The number of rotatable bonds is 7. The molecule has 6 rings (SSSR count). The molecule has 0 radical (unpaired) electrons. The summed E-state index contributed by atoms with van der Waals surface area (Å²) in [7, 11) is 0. The second kappa shape index (κ2) is 24.1. The van der Waals surface area contributed by atoms with E-state index in [1.54, 1.807) is 55.8 Å². The number of piperazine rings is 2. The first-order chi connectivity index (χ1) is 31.9. The van der Waals surface area contributed by atoms with Crippen molar-refractivity contribution in [3.05, 3.63) is 123 Å². The van der Waals surface area contributed by atoms with Crippen LogP contribution in [0, 0.1) is 37.1 Å². The summed E-state index contributed by atoms with van der Waals surface area (Å²) in [4.78, 5) is 65.4. The summed E-state index contributed by atoms with van der Waals surface area (Å²) < 4.78 is 68.2. The standard InChI is InChI=1S/C23H29F2N5O3.C17H21F2N5O3.C6H8N2/c1-15-5-7-17(13-26-15)27-21(31)28-20-18(24)8-6-16(19(20)25)14-29-9-11-30(12-10-29)22(32)33-23(2,3)4;1-17(2,3)27-16(26)24-8-6-23(7-9-24)10-11-4-5-12(18)13(14(11)19)15(25)21-22-20;1-5-2-3-6(7)4-8-5/h5-8,13H,9-12,14H2,1-4H3,(H2,27,28,31);4-5H,6-10H2,1-3H3;2-4H,7H2,1H3. The Morgan fingerprint density at radius 1 is 0.676 bits per heavy atom. The van der Waals surface area contributed by atoms with Crippen molar-refractivity contribution in [2.24, 2.45) is 5.11 Å². The molecule has 5 amide bonds. The first-order valence-electron chi connectivity index (χ1n) is 21.6. The van der Waals surface area contributed by atoms with Gasteiger partial charge in [-0.3, -0.25) is 24.6 Å². The van der Waals surface area contributed by atoms with Crippen molar-refractivity contribution in [1.29, 1.82) is 0 Å². The number of nitrogens with zero attached hydrogens (tertiary/aromatic N) is 9. The fourth-order valence-electron chi connectivity index (χ4n) is 6.45. The van der Waals surface area contributed by atoms with Gasteiger partial charge in [0, 0.05) is 92.9 Å². The Bertz CT molecular complexity index is 2410. The Hall–Kier alpha value is -7.03. The Morgan fingerprint density at radius 2 is 1.15 bits per heavy atom. The molecule has 2 aliphatic rings. The molecule has 4 aromatic rings. The summed E-state index contributed by atoms with van der Waals surface area (Å²) in [5.74, 6) is -5.13. The molecule has 0 bridgehead atoms. The average Bonchev–Trinajstić information content (AvgIpc) is 3.26. The van der Waals surface area contributed by atoms with Crippen molar-refractivity contribution < 1.29 is 46.2 Å². The van der Waals surface area contributed by atoms with E-state index in [9.17, 15) is 32.3 Å². The van der Waals surface area contributed by atoms with Gasteiger partial charge in [0.1, 0.15) is 34.3 Å². The highest BCUT2D eigenvalue weighted by Gasteiger charge is 2.29. The van der Waals surface area contributed by atoms with Crippen molar-refractivity contribution in [3.63, 3.8) is 0 Å². The van der Waals surface area contributed by atoms with E-state index in [0.29, 0.717) is 58.0 Å². The number of aryl methyl sites for hydroxylation is 2. The topological polar surface area (TPSA) is 224 Å². The molecule has 22 heteroatoms. The minimum absolute atomic E-state index is 0.110. The number of amides is 5. The van der Waals surface area contributed by atoms with Crippen molar-refractivity contribution in [2.75, 3.05) is 68.7 Å². The second-order valence-corrected chi connectivity index (χ2v) is 17.8. The van der Waals surface area contributed by atoms with E-state index in [0.717, 1.165) is 29.2 Å². The number of hydrogen-bond acceptors (Lipinski definition) is 11. The molecule has 2 saturated heterocycles. The lowest BCUT2D eigenvalue weighted by atomic mass is 10.1. The number of aromatic nitrogens is 2. The number of anilines is 3. The number of nitrogens with one attached hydrogen (secondary N) is 2. The molecule has 0 atom stereocenters. The molecule has 0 saturated carbocycles. The largest absolute Gasteiger partial charge is 0.444 e. The molecule has 0 unspecified atom stereocenters. The van der Waals surface area contributed by atoms with E-state index in [4.69, 9.17) is 20.7 Å². The number of carbonyl (C=O) groups excluding carboxylic acids is 4. The van der Waals surface area contributed by atoms with Crippen molar-refractivity contribution >= 4 is 41.2 Å². The summed E-state index contributed by atoms with van der Waals surface area (Å²) in [5, 5.41) is 7.50. The zero-order chi connectivity index (χ0) is 50.3. The van der Waals surface area contributed by atoms with Crippen LogP contribution in [0.3, 0.4) is 0 Å². The molecular formula is C46H58F4N12O6. The summed E-state index contributed by atoms with van der Waals surface area (Å²) in [6.45, 7) is 18.5. The van der Waals surface area contributed by atoms with Crippen LogP contribution in [-0.2, 0) is 22.6 Å². The third kappa shape index (κ3) is 17.0. The monoisotopic (exact) mass is 950 g/mol. The van der Waals surface area contributed by atoms with Crippen LogP contribution in [0.2, 0.25) is 0 Å². The molecule has 18 nitrogen and oxygen atoms in total. The maximum atomic E-state index is 15.0. The first kappa shape index (κ1) is 53.6. The summed E-state index contributed by atoms with van der Waals surface area (Å²) >= 11 is 0. The highest BCUT2D eigenvalue weighted by atomic mass is 19.1. The lowest BCUT2D eigenvalue weighted by Gasteiger charge is -2.35. The number of carbonyl (C=O) groups is 4. The van der Waals surface area contributed by atoms with Gasteiger partial charge in [0.25, 0.3) is 5.91 Å². The summed E-state index contributed by atoms with van der Waals surface area (Å²) in [5.41, 5.74) is 14.4. The summed E-state index contributed by atoms with van der Waals surface area (Å²) in [6.07, 6.45) is 2.32. The highest BCUT2D eigenvalue weighted by Crippen LogP contribution is 2.25. The third-order valence-corrected chi connectivity index (χ3v) is 9.87. The maximum Gasteiger partial charge on any atom is 0.410 e. The molecular weight excluding hydrogens is 893 g/mol. The molecule has 4 heterocycles. The van der Waals surface area contributed by atoms with E-state index in [1.165, 1.54) is 18.3 Å². The van der Waals surface area contributed by atoms with Gasteiger partial charge in [0.05, 0.1) is 29.3 Å². The molecule has 68 heavy (non-hydrogen) atoms. The summed E-state index contributed by atoms with van der Waals surface area (Å²) in [6, 6.07) is 11.0. The average molecular weight is 951 g/mol. The van der Waals surface area contributed by atoms with Gasteiger partial charge in [-0.15, -0.1) is 0 Å². The normalized spacial score (nSPS) is 14.2. The number of nitrogens with two attached hydrogens (primary N) is 1. The van der Waals surface area contributed by atoms with Crippen LogP contribution in [0.15, 0.2) is 66.0 Å². The molecule has 366 valence electrons. The fraction of sp³-hybridized carbons (Fsp3) is 0.435. The highest BCUT2D eigenvalue weighted by molar-refractivity contribution is 6.00. The lowest BCUT2D eigenvalue weighted by Crippen LogP contribution is -2.49. The second-order valence-electron chi connectivity index (χ2n) is 17.8. The van der Waals surface area contributed by atoms with E-state index < -0.39 is 63.8 Å². The van der Waals surface area contributed by atoms with E-state index >= 15 is 4.39 Å². The van der Waals surface area contributed by atoms with Crippen LogP contribution in [0.4, 0.5) is 49.0 Å². The molecule has 0 aliphatic carbocycles. The number of halogens is 4. The Morgan fingerprint density at radius 3 is 1.57 bits per heavy atom. The zero-order valence-corrected chi connectivity index (χ0v) is 39.4. The van der Waals surface area contributed by atoms with E-state index in [1.807, 2.05) is 49.6 Å². The number of hydrogen-bond donors (Lipinski definition) is 3. The smallest absolute Gasteiger partial charge is 0.410 e. The van der Waals surface area contributed by atoms with Crippen LogP contribution in [0.5, 0.6) is 0 Å². The van der Waals surface area contributed by atoms with Crippen LogP contribution in [0.1, 0.15) is 74.4 Å². The number of ether oxygens (including phenoxy) is 2. The van der Waals surface area contributed by atoms with Gasteiger partial charge in [-0.1, -0.05) is 12.1 Å². The van der Waals surface area contributed by atoms with Crippen molar-refractivity contribution in [3.8, 4) is 0 Å². The Balaban J connectivity index is 0.000000258. The van der Waals surface area contributed by atoms with Gasteiger partial charge in [0.15, 0.2) is 5.82 Å². The van der Waals surface area contributed by atoms with Gasteiger partial charge in [-0.05, 0) is 102 Å². The predicted molar refractivity (Wildman–Crippen MR) is 247 cm³/mol. The van der Waals surface area contributed by atoms with Gasteiger partial charge in [-0.25, -0.2) is 31.9 Å². The zero-order valence-electron chi connectivity index (χ0n) is 39.4. The minimum atomic E-state index is -1.30.